The van der Waals surface area contributed by atoms with Gasteiger partial charge in [0.15, 0.2) is 0 Å². The first-order valence-corrected chi connectivity index (χ1v) is 9.40. The third-order valence-electron chi connectivity index (χ3n) is 4.24. The predicted molar refractivity (Wildman–Crippen MR) is 107 cm³/mol. The van der Waals surface area contributed by atoms with Crippen molar-refractivity contribution in [3.05, 3.63) is 68.7 Å². The molecule has 3 rings (SSSR count). The van der Waals surface area contributed by atoms with E-state index in [1.165, 1.54) is 6.07 Å². The summed E-state index contributed by atoms with van der Waals surface area (Å²) in [4.78, 5) is 26.5. The second-order valence-electron chi connectivity index (χ2n) is 6.03. The van der Waals surface area contributed by atoms with E-state index in [1.54, 1.807) is 24.3 Å². The first kappa shape index (κ1) is 19.0. The van der Waals surface area contributed by atoms with Crippen molar-refractivity contribution in [3.8, 4) is 0 Å². The van der Waals surface area contributed by atoms with Gasteiger partial charge in [-0.3, -0.25) is 9.59 Å². The quantitative estimate of drug-likeness (QED) is 0.581. The van der Waals surface area contributed by atoms with Gasteiger partial charge in [0.1, 0.15) is 5.03 Å². The van der Waals surface area contributed by atoms with Crippen molar-refractivity contribution in [2.24, 2.45) is 0 Å². The summed E-state index contributed by atoms with van der Waals surface area (Å²) in [6.07, 6.45) is 3.16. The maximum atomic E-state index is 12.9. The van der Waals surface area contributed by atoms with Crippen LogP contribution in [-0.4, -0.2) is 11.8 Å². The van der Waals surface area contributed by atoms with Crippen LogP contribution in [0.3, 0.4) is 0 Å². The number of anilines is 1. The SMILES string of the molecule is CCCCc1ccc(N2C(=O)C(Cl)=C(c3ccc(Cl)cc3Cl)C2=O)cc1. The molecule has 0 spiro atoms. The number of amides is 2. The van der Waals surface area contributed by atoms with Crippen molar-refractivity contribution in [2.75, 3.05) is 4.90 Å². The van der Waals surface area contributed by atoms with Crippen LogP contribution in [-0.2, 0) is 16.0 Å². The van der Waals surface area contributed by atoms with E-state index in [0.717, 1.165) is 29.7 Å². The van der Waals surface area contributed by atoms with Crippen LogP contribution in [0, 0.1) is 0 Å². The molecule has 1 aliphatic heterocycles. The van der Waals surface area contributed by atoms with Gasteiger partial charge < -0.3 is 0 Å². The maximum absolute atomic E-state index is 12.9. The monoisotopic (exact) mass is 407 g/mol. The first-order valence-electron chi connectivity index (χ1n) is 8.27. The summed E-state index contributed by atoms with van der Waals surface area (Å²) in [5.74, 6) is -1.05. The van der Waals surface area contributed by atoms with Crippen molar-refractivity contribution < 1.29 is 9.59 Å². The third kappa shape index (κ3) is 3.52. The molecular weight excluding hydrogens is 393 g/mol. The zero-order valence-corrected chi connectivity index (χ0v) is 16.3. The zero-order chi connectivity index (χ0) is 18.8. The van der Waals surface area contributed by atoms with E-state index in [0.29, 0.717) is 16.3 Å². The van der Waals surface area contributed by atoms with Crippen molar-refractivity contribution >= 4 is 57.9 Å². The highest BCUT2D eigenvalue weighted by molar-refractivity contribution is 6.60. The Morgan fingerprint density at radius 3 is 2.23 bits per heavy atom. The second-order valence-corrected chi connectivity index (χ2v) is 7.25. The summed E-state index contributed by atoms with van der Waals surface area (Å²) in [5.41, 5.74) is 2.13. The van der Waals surface area contributed by atoms with Crippen molar-refractivity contribution in [1.29, 1.82) is 0 Å². The van der Waals surface area contributed by atoms with Crippen LogP contribution in [0.1, 0.15) is 30.9 Å². The van der Waals surface area contributed by atoms with Crippen molar-refractivity contribution in [1.82, 2.24) is 0 Å². The van der Waals surface area contributed by atoms with E-state index in [9.17, 15) is 9.59 Å². The lowest BCUT2D eigenvalue weighted by atomic mass is 10.1. The van der Waals surface area contributed by atoms with E-state index in [4.69, 9.17) is 34.8 Å². The van der Waals surface area contributed by atoms with Crippen molar-refractivity contribution in [3.63, 3.8) is 0 Å². The lowest BCUT2D eigenvalue weighted by molar-refractivity contribution is -0.119. The molecule has 3 nitrogen and oxygen atoms in total. The van der Waals surface area contributed by atoms with Crippen LogP contribution in [0.15, 0.2) is 47.5 Å². The Morgan fingerprint density at radius 1 is 0.923 bits per heavy atom. The first-order chi connectivity index (χ1) is 12.4. The van der Waals surface area contributed by atoms with E-state index in [2.05, 4.69) is 6.92 Å². The summed E-state index contributed by atoms with van der Waals surface area (Å²) < 4.78 is 0. The molecule has 0 saturated carbocycles. The Bertz CT molecular complexity index is 904. The normalized spacial score (nSPS) is 14.5. The molecule has 0 aromatic heterocycles. The van der Waals surface area contributed by atoms with Gasteiger partial charge in [-0.05, 0) is 42.7 Å². The molecule has 1 aliphatic rings. The number of rotatable bonds is 5. The fourth-order valence-electron chi connectivity index (χ4n) is 2.86. The van der Waals surface area contributed by atoms with Gasteiger partial charge in [-0.15, -0.1) is 0 Å². The van der Waals surface area contributed by atoms with Gasteiger partial charge >= 0.3 is 0 Å². The lowest BCUT2D eigenvalue weighted by Crippen LogP contribution is -2.31. The molecule has 134 valence electrons. The van der Waals surface area contributed by atoms with E-state index in [1.807, 2.05) is 12.1 Å². The Hall–Kier alpha value is -1.81. The number of aryl methyl sites for hydroxylation is 1. The molecule has 0 aliphatic carbocycles. The minimum Gasteiger partial charge on any atom is -0.268 e. The molecule has 0 atom stereocenters. The molecule has 2 aromatic carbocycles. The topological polar surface area (TPSA) is 37.4 Å². The molecule has 26 heavy (non-hydrogen) atoms. The highest BCUT2D eigenvalue weighted by atomic mass is 35.5. The van der Waals surface area contributed by atoms with Gasteiger partial charge in [-0.1, -0.05) is 66.3 Å². The molecule has 1 heterocycles. The number of carbonyl (C=O) groups excluding carboxylic acids is 2. The number of imide groups is 1. The third-order valence-corrected chi connectivity index (χ3v) is 5.14. The molecular formula is C20H16Cl3NO2. The number of benzene rings is 2. The van der Waals surface area contributed by atoms with Gasteiger partial charge in [0, 0.05) is 10.6 Å². The van der Waals surface area contributed by atoms with Gasteiger partial charge in [0.05, 0.1) is 16.3 Å². The zero-order valence-electron chi connectivity index (χ0n) is 14.1. The van der Waals surface area contributed by atoms with E-state index < -0.39 is 11.8 Å². The largest absolute Gasteiger partial charge is 0.277 e. The average molecular weight is 409 g/mol. The predicted octanol–water partition coefficient (Wildman–Crippen LogP) is 5.86. The van der Waals surface area contributed by atoms with Crippen LogP contribution in [0.4, 0.5) is 5.69 Å². The minimum absolute atomic E-state index is 0.0911. The fraction of sp³-hybridized carbons (Fsp3) is 0.200. The summed E-state index contributed by atoms with van der Waals surface area (Å²) in [7, 11) is 0. The van der Waals surface area contributed by atoms with Crippen LogP contribution in [0.2, 0.25) is 10.0 Å². The summed E-state index contributed by atoms with van der Waals surface area (Å²) in [6.45, 7) is 2.13. The Morgan fingerprint density at radius 2 is 1.62 bits per heavy atom. The molecule has 0 unspecified atom stereocenters. The molecule has 0 radical (unpaired) electrons. The van der Waals surface area contributed by atoms with Gasteiger partial charge in [-0.25, -0.2) is 4.90 Å². The smallest absolute Gasteiger partial charge is 0.268 e. The fourth-order valence-corrected chi connectivity index (χ4v) is 3.63. The minimum atomic E-state index is -0.556. The molecule has 0 fully saturated rings. The van der Waals surface area contributed by atoms with Gasteiger partial charge in [-0.2, -0.15) is 0 Å². The summed E-state index contributed by atoms with van der Waals surface area (Å²) >= 11 is 18.3. The second kappa shape index (κ2) is 7.83. The maximum Gasteiger partial charge on any atom is 0.277 e. The van der Waals surface area contributed by atoms with Gasteiger partial charge in [0.25, 0.3) is 11.8 Å². The number of hydrogen-bond donors (Lipinski definition) is 0. The summed E-state index contributed by atoms with van der Waals surface area (Å²) in [6, 6.07) is 12.1. The van der Waals surface area contributed by atoms with Crippen molar-refractivity contribution in [2.45, 2.75) is 26.2 Å². The molecule has 2 aromatic rings. The standard InChI is InChI=1S/C20H16Cl3NO2/c1-2-3-4-12-5-8-14(9-6-12)24-19(25)17(18(23)20(24)26)15-10-7-13(21)11-16(15)22/h5-11H,2-4H2,1H3. The number of hydrogen-bond acceptors (Lipinski definition) is 2. The van der Waals surface area contributed by atoms with Gasteiger partial charge in [0.2, 0.25) is 0 Å². The molecule has 0 bridgehead atoms. The summed E-state index contributed by atoms with van der Waals surface area (Å²) in [5, 5.41) is 0.560. The molecule has 0 N–H and O–H groups in total. The van der Waals surface area contributed by atoms with E-state index in [-0.39, 0.29) is 15.6 Å². The van der Waals surface area contributed by atoms with Crippen LogP contribution >= 0.6 is 34.8 Å². The highest BCUT2D eigenvalue weighted by Crippen LogP contribution is 2.38. The molecule has 2 amide bonds. The Labute approximate surface area is 167 Å². The van der Waals surface area contributed by atoms with Crippen LogP contribution in [0.25, 0.3) is 5.57 Å². The number of unbranched alkanes of at least 4 members (excludes halogenated alkanes) is 1. The molecule has 0 saturated heterocycles. The Kier molecular flexibility index (Phi) is 5.71. The highest BCUT2D eigenvalue weighted by Gasteiger charge is 2.39. The lowest BCUT2D eigenvalue weighted by Gasteiger charge is -2.15. The number of halogens is 3. The van der Waals surface area contributed by atoms with Crippen LogP contribution < -0.4 is 4.90 Å². The van der Waals surface area contributed by atoms with Crippen LogP contribution in [0.5, 0.6) is 0 Å². The number of carbonyl (C=O) groups is 2. The molecule has 6 heteroatoms. The van der Waals surface area contributed by atoms with E-state index >= 15 is 0 Å². The Balaban J connectivity index is 1.93. The average Bonchev–Trinajstić information content (AvgIpc) is 2.84. The number of nitrogens with zero attached hydrogens (tertiary/aromatic N) is 1.